The first-order valence-corrected chi connectivity index (χ1v) is 9.53. The average molecular weight is 385 g/mol. The molecule has 2 nitrogen and oxygen atoms in total. The fourth-order valence-electron chi connectivity index (χ4n) is 3.98. The highest BCUT2D eigenvalue weighted by atomic mass is 16.3. The van der Waals surface area contributed by atoms with Gasteiger partial charge in [-0.25, -0.2) is 4.57 Å². The van der Waals surface area contributed by atoms with Crippen LogP contribution in [0.4, 0.5) is 0 Å². The van der Waals surface area contributed by atoms with Crippen molar-refractivity contribution in [3.05, 3.63) is 89.5 Å². The summed E-state index contributed by atoms with van der Waals surface area (Å²) in [5.74, 6) is 0. The molecule has 0 spiro atoms. The monoisotopic (exact) mass is 384 g/mol. The molecule has 5 rings (SSSR count). The quantitative estimate of drug-likeness (QED) is 0.311. The number of hydrogen-bond acceptors (Lipinski definition) is 1. The fourth-order valence-corrected chi connectivity index (χ4v) is 3.98. The molecular formula is C27H24NO+. The van der Waals surface area contributed by atoms with E-state index < -0.39 is 18.5 Å². The average Bonchev–Trinajstić information content (AvgIpc) is 3.18. The SMILES string of the molecule is [2H]c1c([2H])c(-c2c(C)c(C)cc3c2oc2c(-c4ccccc4)cccc23)[n+](C)c([2H])c1C([2H])([2H])[2H]. The Balaban J connectivity index is 1.93. The van der Waals surface area contributed by atoms with E-state index in [1.807, 2.05) is 62.4 Å². The molecule has 0 unspecified atom stereocenters. The number of pyridine rings is 1. The zero-order valence-electron chi connectivity index (χ0n) is 22.6. The van der Waals surface area contributed by atoms with Crippen LogP contribution >= 0.6 is 0 Å². The highest BCUT2D eigenvalue weighted by molar-refractivity contribution is 6.13. The van der Waals surface area contributed by atoms with Crippen LogP contribution in [0.5, 0.6) is 0 Å². The summed E-state index contributed by atoms with van der Waals surface area (Å²) in [7, 11) is 1.57. The Kier molecular flexibility index (Phi) is 2.78. The van der Waals surface area contributed by atoms with Gasteiger partial charge in [0, 0.05) is 32.1 Å². The standard InChI is InChI=1S/C27H24NO/c1-17-13-14-24(28(4)16-17)25-19(3)18(2)15-23-22-12-8-11-21(26(22)29-27(23)25)20-9-6-5-7-10-20/h5-16H,1-4H3/q+1/i1D3,13D,14D,16D. The minimum absolute atomic E-state index is 0.242. The third-order valence-electron chi connectivity index (χ3n) is 5.55. The van der Waals surface area contributed by atoms with Crippen LogP contribution in [-0.2, 0) is 7.05 Å². The molecule has 0 bridgehead atoms. The summed E-state index contributed by atoms with van der Waals surface area (Å²) in [6.45, 7) is 1.22. The first-order chi connectivity index (χ1) is 16.5. The summed E-state index contributed by atoms with van der Waals surface area (Å²) in [6, 6.07) is 17.3. The van der Waals surface area contributed by atoms with Gasteiger partial charge in [0.1, 0.15) is 19.6 Å². The molecule has 2 heterocycles. The second-order valence-electron chi connectivity index (χ2n) is 7.36. The summed E-state index contributed by atoms with van der Waals surface area (Å²) in [5, 5.41) is 1.80. The Bertz CT molecular complexity index is 1600. The molecule has 0 atom stereocenters. The predicted octanol–water partition coefficient (Wildman–Crippen LogP) is 6.67. The van der Waals surface area contributed by atoms with Gasteiger partial charge in [0.05, 0.1) is 8.30 Å². The second-order valence-corrected chi connectivity index (χ2v) is 7.36. The predicted molar refractivity (Wildman–Crippen MR) is 120 cm³/mol. The van der Waals surface area contributed by atoms with Gasteiger partial charge in [0.25, 0.3) is 0 Å². The number of fused-ring (bicyclic) bond motifs is 3. The van der Waals surface area contributed by atoms with Crippen molar-refractivity contribution in [2.75, 3.05) is 0 Å². The number of aryl methyl sites for hydroxylation is 1. The third-order valence-corrected chi connectivity index (χ3v) is 5.55. The fraction of sp³-hybridized carbons (Fsp3) is 0.148. The lowest BCUT2D eigenvalue weighted by Crippen LogP contribution is -2.31. The van der Waals surface area contributed by atoms with Crippen LogP contribution in [0.1, 0.15) is 24.9 Å². The molecule has 2 heteroatoms. The summed E-state index contributed by atoms with van der Waals surface area (Å²) >= 11 is 0. The van der Waals surface area contributed by atoms with Gasteiger partial charge < -0.3 is 4.42 Å². The van der Waals surface area contributed by atoms with E-state index in [0.717, 1.165) is 33.0 Å². The molecule has 142 valence electrons. The van der Waals surface area contributed by atoms with E-state index in [-0.39, 0.29) is 12.2 Å². The van der Waals surface area contributed by atoms with Crippen LogP contribution in [0.25, 0.3) is 44.3 Å². The van der Waals surface area contributed by atoms with Crippen LogP contribution in [0.3, 0.4) is 0 Å². The van der Waals surface area contributed by atoms with Crippen molar-refractivity contribution >= 4 is 21.9 Å². The normalized spacial score (nSPS) is 14.9. The van der Waals surface area contributed by atoms with Crippen molar-refractivity contribution in [2.24, 2.45) is 7.05 Å². The maximum absolute atomic E-state index is 8.76. The topological polar surface area (TPSA) is 17.0 Å². The molecule has 2 aromatic heterocycles. The molecule has 0 radical (unpaired) electrons. The van der Waals surface area contributed by atoms with Gasteiger partial charge in [-0.1, -0.05) is 48.5 Å². The van der Waals surface area contributed by atoms with E-state index in [4.69, 9.17) is 12.6 Å². The molecule has 0 aliphatic heterocycles. The molecule has 0 aliphatic rings. The molecule has 0 N–H and O–H groups in total. The Morgan fingerprint density at radius 2 is 1.76 bits per heavy atom. The Hall–Kier alpha value is -3.39. The van der Waals surface area contributed by atoms with Gasteiger partial charge in [-0.2, -0.15) is 0 Å². The summed E-state index contributed by atoms with van der Waals surface area (Å²) in [4.78, 5) is 0. The van der Waals surface area contributed by atoms with Gasteiger partial charge in [-0.15, -0.1) is 0 Å². The van der Waals surface area contributed by atoms with Crippen molar-refractivity contribution in [2.45, 2.75) is 20.7 Å². The van der Waals surface area contributed by atoms with Crippen molar-refractivity contribution in [3.8, 4) is 22.4 Å². The Morgan fingerprint density at radius 3 is 2.55 bits per heavy atom. The van der Waals surface area contributed by atoms with Crippen molar-refractivity contribution in [1.82, 2.24) is 0 Å². The number of rotatable bonds is 2. The van der Waals surface area contributed by atoms with Gasteiger partial charge in [-0.3, -0.25) is 0 Å². The minimum Gasteiger partial charge on any atom is -0.454 e. The van der Waals surface area contributed by atoms with E-state index in [1.165, 1.54) is 4.57 Å². The van der Waals surface area contributed by atoms with E-state index >= 15 is 0 Å². The zero-order valence-corrected chi connectivity index (χ0v) is 16.6. The largest absolute Gasteiger partial charge is 0.454 e. The van der Waals surface area contributed by atoms with Crippen molar-refractivity contribution in [3.63, 3.8) is 0 Å². The van der Waals surface area contributed by atoms with E-state index in [1.54, 1.807) is 7.05 Å². The van der Waals surface area contributed by atoms with Crippen LogP contribution in [0.2, 0.25) is 0 Å². The molecule has 0 amide bonds. The first kappa shape index (κ1) is 12.2. The van der Waals surface area contributed by atoms with Crippen molar-refractivity contribution in [1.29, 1.82) is 0 Å². The van der Waals surface area contributed by atoms with E-state index in [0.29, 0.717) is 22.4 Å². The van der Waals surface area contributed by atoms with Gasteiger partial charge in [0.2, 0.25) is 5.69 Å². The van der Waals surface area contributed by atoms with Gasteiger partial charge in [-0.05, 0) is 49.5 Å². The van der Waals surface area contributed by atoms with Crippen LogP contribution in [0.15, 0.2) is 77.3 Å². The summed E-state index contributed by atoms with van der Waals surface area (Å²) < 4.78 is 57.0. The maximum atomic E-state index is 8.76. The molecule has 0 aliphatic carbocycles. The summed E-state index contributed by atoms with van der Waals surface area (Å²) in [5.41, 5.74) is 5.51. The Labute approximate surface area is 179 Å². The number of hydrogen-bond donors (Lipinski definition) is 0. The van der Waals surface area contributed by atoms with Crippen LogP contribution < -0.4 is 4.57 Å². The molecular weight excluding hydrogens is 354 g/mol. The molecule has 29 heavy (non-hydrogen) atoms. The maximum Gasteiger partial charge on any atom is 0.216 e. The lowest BCUT2D eigenvalue weighted by molar-refractivity contribution is -0.660. The smallest absolute Gasteiger partial charge is 0.216 e. The minimum atomic E-state index is -2.67. The van der Waals surface area contributed by atoms with Crippen molar-refractivity contribution < 1.29 is 17.2 Å². The second kappa shape index (κ2) is 6.59. The van der Waals surface area contributed by atoms with Gasteiger partial charge in [0.15, 0.2) is 6.17 Å². The van der Waals surface area contributed by atoms with E-state index in [2.05, 4.69) is 6.07 Å². The molecule has 0 saturated carbocycles. The molecule has 0 saturated heterocycles. The molecule has 3 aromatic carbocycles. The molecule has 0 fully saturated rings. The number of benzene rings is 3. The number of para-hydroxylation sites is 1. The highest BCUT2D eigenvalue weighted by Gasteiger charge is 2.23. The van der Waals surface area contributed by atoms with Crippen LogP contribution in [0, 0.1) is 20.7 Å². The van der Waals surface area contributed by atoms with E-state index in [9.17, 15) is 0 Å². The molecule has 5 aromatic rings. The highest BCUT2D eigenvalue weighted by Crippen LogP contribution is 2.41. The zero-order chi connectivity index (χ0) is 25.2. The van der Waals surface area contributed by atoms with Gasteiger partial charge >= 0.3 is 0 Å². The number of nitrogens with zero attached hydrogens (tertiary/aromatic N) is 1. The number of aromatic nitrogens is 1. The summed E-state index contributed by atoms with van der Waals surface area (Å²) in [6.07, 6.45) is -0.309. The first-order valence-electron chi connectivity index (χ1n) is 12.5. The third kappa shape index (κ3) is 2.75. The number of furan rings is 1. The lowest BCUT2D eigenvalue weighted by Gasteiger charge is -2.09. The lowest BCUT2D eigenvalue weighted by atomic mass is 9.95. The van der Waals surface area contributed by atoms with Crippen LogP contribution in [-0.4, -0.2) is 0 Å². The Morgan fingerprint density at radius 1 is 0.931 bits per heavy atom.